The lowest BCUT2D eigenvalue weighted by atomic mass is 10.2. The van der Waals surface area contributed by atoms with Crippen molar-refractivity contribution in [3.63, 3.8) is 0 Å². The molecule has 0 radical (unpaired) electrons. The number of anilines is 1. The van der Waals surface area contributed by atoms with Crippen LogP contribution in [0.2, 0.25) is 15.1 Å². The van der Waals surface area contributed by atoms with E-state index in [9.17, 15) is 4.79 Å². The van der Waals surface area contributed by atoms with Crippen LogP contribution < -0.4 is 5.73 Å². The van der Waals surface area contributed by atoms with E-state index in [1.807, 2.05) is 0 Å². The van der Waals surface area contributed by atoms with Crippen molar-refractivity contribution in [1.29, 1.82) is 0 Å². The lowest BCUT2D eigenvalue weighted by Crippen LogP contribution is -1.93. The Kier molecular flexibility index (Phi) is 2.83. The fourth-order valence-electron chi connectivity index (χ4n) is 0.730. The Morgan fingerprint density at radius 1 is 1.25 bits per heavy atom. The second-order valence-electron chi connectivity index (χ2n) is 2.10. The van der Waals surface area contributed by atoms with Crippen LogP contribution in [-0.4, -0.2) is 6.29 Å². The van der Waals surface area contributed by atoms with Crippen molar-refractivity contribution >= 4 is 46.8 Å². The monoisotopic (exact) mass is 223 g/mol. The molecule has 0 aliphatic rings. The van der Waals surface area contributed by atoms with Gasteiger partial charge in [0.25, 0.3) is 0 Å². The Bertz CT molecular complexity index is 338. The molecule has 2 nitrogen and oxygen atoms in total. The average Bonchev–Trinajstić information content (AvgIpc) is 2.01. The van der Waals surface area contributed by atoms with Gasteiger partial charge in [-0.15, -0.1) is 0 Å². The Hall–Kier alpha value is -0.440. The van der Waals surface area contributed by atoms with Crippen molar-refractivity contribution in [1.82, 2.24) is 0 Å². The van der Waals surface area contributed by atoms with Crippen molar-refractivity contribution in [3.8, 4) is 0 Å². The third-order valence-corrected chi connectivity index (χ3v) is 2.39. The summed E-state index contributed by atoms with van der Waals surface area (Å²) in [7, 11) is 0. The first-order chi connectivity index (χ1) is 5.57. The molecule has 0 aliphatic carbocycles. The molecule has 0 amide bonds. The third-order valence-electron chi connectivity index (χ3n) is 1.36. The predicted molar refractivity (Wildman–Crippen MR) is 51.3 cm³/mol. The summed E-state index contributed by atoms with van der Waals surface area (Å²) in [5, 5.41) is 0.548. The zero-order chi connectivity index (χ0) is 9.30. The molecule has 0 bridgehead atoms. The normalized spacial score (nSPS) is 9.92. The lowest BCUT2D eigenvalue weighted by molar-refractivity contribution is 0.112. The van der Waals surface area contributed by atoms with Crippen LogP contribution >= 0.6 is 34.8 Å². The number of hydrogen-bond donors (Lipinski definition) is 1. The number of carbonyl (C=O) groups is 1. The van der Waals surface area contributed by atoms with Gasteiger partial charge in [-0.05, 0) is 6.07 Å². The molecule has 12 heavy (non-hydrogen) atoms. The van der Waals surface area contributed by atoms with E-state index < -0.39 is 0 Å². The molecule has 0 atom stereocenters. The zero-order valence-corrected chi connectivity index (χ0v) is 8.04. The minimum Gasteiger partial charge on any atom is -0.396 e. The van der Waals surface area contributed by atoms with E-state index in [1.165, 1.54) is 6.07 Å². The zero-order valence-electron chi connectivity index (χ0n) is 5.77. The van der Waals surface area contributed by atoms with Crippen molar-refractivity contribution < 1.29 is 4.79 Å². The molecule has 5 heteroatoms. The quantitative estimate of drug-likeness (QED) is 0.588. The molecule has 0 unspecified atom stereocenters. The molecular weight excluding hydrogens is 220 g/mol. The van der Waals surface area contributed by atoms with Gasteiger partial charge in [0.15, 0.2) is 6.29 Å². The van der Waals surface area contributed by atoms with E-state index in [1.54, 1.807) is 0 Å². The first kappa shape index (κ1) is 9.65. The van der Waals surface area contributed by atoms with E-state index in [-0.39, 0.29) is 26.3 Å². The standard InChI is InChI=1S/C7H4Cl3NO/c8-4-1-5(9)7(11)6(10)3(4)2-12/h1-2H,11H2. The van der Waals surface area contributed by atoms with Crippen molar-refractivity contribution in [2.45, 2.75) is 0 Å². The topological polar surface area (TPSA) is 43.1 Å². The van der Waals surface area contributed by atoms with Crippen LogP contribution in [0.15, 0.2) is 6.07 Å². The first-order valence-electron chi connectivity index (χ1n) is 2.96. The number of hydrogen-bond acceptors (Lipinski definition) is 2. The fourth-order valence-corrected chi connectivity index (χ4v) is 1.58. The van der Waals surface area contributed by atoms with E-state index in [0.717, 1.165) is 0 Å². The maximum absolute atomic E-state index is 10.4. The maximum Gasteiger partial charge on any atom is 0.153 e. The van der Waals surface area contributed by atoms with Gasteiger partial charge in [0.05, 0.1) is 26.3 Å². The number of nitrogens with two attached hydrogens (primary N) is 1. The van der Waals surface area contributed by atoms with E-state index in [4.69, 9.17) is 40.5 Å². The number of carbonyl (C=O) groups excluding carboxylic acids is 1. The van der Waals surface area contributed by atoms with Crippen LogP contribution in [0.4, 0.5) is 5.69 Å². The molecule has 1 rings (SSSR count). The average molecular weight is 224 g/mol. The van der Waals surface area contributed by atoms with Crippen LogP contribution in [0.3, 0.4) is 0 Å². The molecule has 64 valence electrons. The molecule has 1 aromatic carbocycles. The SMILES string of the molecule is Nc1c(Cl)cc(Cl)c(C=O)c1Cl. The van der Waals surface area contributed by atoms with Gasteiger partial charge in [0.1, 0.15) is 0 Å². The minimum atomic E-state index is 0.0995. The summed E-state index contributed by atoms with van der Waals surface area (Å²) in [6.45, 7) is 0. The molecule has 0 saturated heterocycles. The van der Waals surface area contributed by atoms with Gasteiger partial charge in [0, 0.05) is 0 Å². The summed E-state index contributed by atoms with van der Waals surface area (Å²) in [6.07, 6.45) is 0.539. The van der Waals surface area contributed by atoms with Gasteiger partial charge in [-0.1, -0.05) is 34.8 Å². The molecular formula is C7H4Cl3NO. The van der Waals surface area contributed by atoms with Crippen LogP contribution in [0.25, 0.3) is 0 Å². The number of aldehydes is 1. The van der Waals surface area contributed by atoms with Gasteiger partial charge in [-0.25, -0.2) is 0 Å². The van der Waals surface area contributed by atoms with Gasteiger partial charge in [0.2, 0.25) is 0 Å². The first-order valence-corrected chi connectivity index (χ1v) is 4.09. The highest BCUT2D eigenvalue weighted by Crippen LogP contribution is 2.34. The van der Waals surface area contributed by atoms with Gasteiger partial charge >= 0.3 is 0 Å². The number of rotatable bonds is 1. The summed E-state index contributed by atoms with van der Waals surface area (Å²) in [6, 6.07) is 1.38. The molecule has 0 saturated carbocycles. The highest BCUT2D eigenvalue weighted by molar-refractivity contribution is 6.44. The maximum atomic E-state index is 10.4. The summed E-state index contributed by atoms with van der Waals surface area (Å²) in [4.78, 5) is 10.4. The number of benzene rings is 1. The van der Waals surface area contributed by atoms with Crippen molar-refractivity contribution in [2.75, 3.05) is 5.73 Å². The predicted octanol–water partition coefficient (Wildman–Crippen LogP) is 3.04. The van der Waals surface area contributed by atoms with Crippen LogP contribution in [-0.2, 0) is 0 Å². The van der Waals surface area contributed by atoms with E-state index in [0.29, 0.717) is 6.29 Å². The summed E-state index contributed by atoms with van der Waals surface area (Å²) < 4.78 is 0. The molecule has 0 heterocycles. The Labute approximate surface area is 84.2 Å². The largest absolute Gasteiger partial charge is 0.396 e. The second-order valence-corrected chi connectivity index (χ2v) is 3.29. The number of halogens is 3. The van der Waals surface area contributed by atoms with Crippen LogP contribution in [0.1, 0.15) is 10.4 Å². The fraction of sp³-hybridized carbons (Fsp3) is 0. The summed E-state index contributed by atoms with van der Waals surface area (Å²) >= 11 is 17.0. The molecule has 2 N–H and O–H groups in total. The Morgan fingerprint density at radius 3 is 2.33 bits per heavy atom. The highest BCUT2D eigenvalue weighted by atomic mass is 35.5. The van der Waals surface area contributed by atoms with Crippen LogP contribution in [0, 0.1) is 0 Å². The molecule has 0 fully saturated rings. The van der Waals surface area contributed by atoms with Crippen molar-refractivity contribution in [3.05, 3.63) is 26.7 Å². The van der Waals surface area contributed by atoms with E-state index in [2.05, 4.69) is 0 Å². The second kappa shape index (κ2) is 3.52. The molecule has 0 aromatic heterocycles. The summed E-state index contributed by atoms with van der Waals surface area (Å²) in [5.41, 5.74) is 5.78. The molecule has 1 aromatic rings. The molecule has 0 aliphatic heterocycles. The smallest absolute Gasteiger partial charge is 0.153 e. The summed E-state index contributed by atoms with van der Waals surface area (Å²) in [5.74, 6) is 0. The van der Waals surface area contributed by atoms with Gasteiger partial charge in [-0.3, -0.25) is 4.79 Å². The molecule has 0 spiro atoms. The number of nitrogen functional groups attached to an aromatic ring is 1. The highest BCUT2D eigenvalue weighted by Gasteiger charge is 2.11. The van der Waals surface area contributed by atoms with E-state index >= 15 is 0 Å². The van der Waals surface area contributed by atoms with Crippen molar-refractivity contribution in [2.24, 2.45) is 0 Å². The lowest BCUT2D eigenvalue weighted by Gasteiger charge is -2.04. The van der Waals surface area contributed by atoms with Crippen LogP contribution in [0.5, 0.6) is 0 Å². The van der Waals surface area contributed by atoms with Gasteiger partial charge in [-0.2, -0.15) is 0 Å². The van der Waals surface area contributed by atoms with Gasteiger partial charge < -0.3 is 5.73 Å². The Morgan fingerprint density at radius 2 is 1.83 bits per heavy atom. The Balaban J connectivity index is 3.51. The third kappa shape index (κ3) is 1.51. The minimum absolute atomic E-state index is 0.0995.